The number of rotatable bonds is 6. The Morgan fingerprint density at radius 3 is 2.62 bits per heavy atom. The van der Waals surface area contributed by atoms with E-state index in [1.807, 2.05) is 24.3 Å². The zero-order chi connectivity index (χ0) is 15.1. The number of anilines is 1. The second-order valence-corrected chi connectivity index (χ2v) is 5.08. The molecule has 1 heterocycles. The maximum Gasteiger partial charge on any atom is 0.249 e. The molecule has 2 rings (SSSR count). The summed E-state index contributed by atoms with van der Waals surface area (Å²) in [5, 5.41) is 12.2. The van der Waals surface area contributed by atoms with Crippen molar-refractivity contribution in [1.82, 2.24) is 5.32 Å². The van der Waals surface area contributed by atoms with Crippen molar-refractivity contribution in [3.8, 4) is 0 Å². The molecular weight excluding hydrogens is 270 g/mol. The largest absolute Gasteiger partial charge is 0.383 e. The van der Waals surface area contributed by atoms with E-state index < -0.39 is 6.10 Å². The van der Waals surface area contributed by atoms with Gasteiger partial charge < -0.3 is 25.8 Å². The number of carbonyl (C=O) groups is 1. The number of hydrogen-bond donors (Lipinski definition) is 3. The Hall–Kier alpha value is -1.63. The molecule has 0 aromatic heterocycles. The molecule has 0 bridgehead atoms. The number of aliphatic hydroxyl groups is 1. The van der Waals surface area contributed by atoms with Crippen molar-refractivity contribution in [3.63, 3.8) is 0 Å². The zero-order valence-electron chi connectivity index (χ0n) is 12.1. The lowest BCUT2D eigenvalue weighted by Gasteiger charge is -2.28. The summed E-state index contributed by atoms with van der Waals surface area (Å²) >= 11 is 0. The molecule has 1 saturated heterocycles. The number of aliphatic hydroxyl groups excluding tert-OH is 1. The lowest BCUT2D eigenvalue weighted by Crippen LogP contribution is -2.36. The van der Waals surface area contributed by atoms with E-state index in [1.165, 1.54) is 0 Å². The summed E-state index contributed by atoms with van der Waals surface area (Å²) in [7, 11) is 0. The third-order valence-electron chi connectivity index (χ3n) is 3.52. The fraction of sp³-hybridized carbons (Fsp3) is 0.533. The molecule has 1 aromatic carbocycles. The summed E-state index contributed by atoms with van der Waals surface area (Å²) in [6, 6.07) is 8.06. The third kappa shape index (κ3) is 4.70. The summed E-state index contributed by atoms with van der Waals surface area (Å²) in [6.07, 6.45) is -0.746. The Labute approximate surface area is 124 Å². The molecule has 1 atom stereocenters. The van der Waals surface area contributed by atoms with Crippen molar-refractivity contribution in [2.75, 3.05) is 37.7 Å². The molecule has 1 aliphatic rings. The number of nitrogens with zero attached hydrogens (tertiary/aromatic N) is 1. The molecule has 1 fully saturated rings. The summed E-state index contributed by atoms with van der Waals surface area (Å²) in [4.78, 5) is 13.9. The summed E-state index contributed by atoms with van der Waals surface area (Å²) < 4.78 is 5.33. The van der Waals surface area contributed by atoms with E-state index in [0.29, 0.717) is 13.1 Å². The lowest BCUT2D eigenvalue weighted by atomic mass is 10.1. The number of nitrogens with one attached hydrogen (secondary N) is 1. The minimum absolute atomic E-state index is 0.280. The molecular formula is C15H23N3O3. The maximum atomic E-state index is 11.6. The number of nitrogens with two attached hydrogens (primary N) is 1. The van der Waals surface area contributed by atoms with E-state index in [2.05, 4.69) is 10.2 Å². The van der Waals surface area contributed by atoms with Gasteiger partial charge in [-0.05, 0) is 30.7 Å². The van der Waals surface area contributed by atoms with Crippen LogP contribution in [0.15, 0.2) is 24.3 Å². The van der Waals surface area contributed by atoms with Gasteiger partial charge in [-0.2, -0.15) is 0 Å². The first-order chi connectivity index (χ1) is 10.2. The Morgan fingerprint density at radius 2 is 2.00 bits per heavy atom. The van der Waals surface area contributed by atoms with Gasteiger partial charge >= 0.3 is 0 Å². The van der Waals surface area contributed by atoms with Crippen LogP contribution in [0.5, 0.6) is 0 Å². The van der Waals surface area contributed by atoms with Crippen molar-refractivity contribution < 1.29 is 14.6 Å². The Balaban J connectivity index is 1.83. The van der Waals surface area contributed by atoms with Crippen LogP contribution in [0.1, 0.15) is 12.0 Å². The first-order valence-electron chi connectivity index (χ1n) is 7.28. The van der Waals surface area contributed by atoms with Gasteiger partial charge in [0.2, 0.25) is 5.91 Å². The predicted molar refractivity (Wildman–Crippen MR) is 81.0 cm³/mol. The van der Waals surface area contributed by atoms with Crippen LogP contribution in [-0.2, 0) is 16.1 Å². The van der Waals surface area contributed by atoms with E-state index in [0.717, 1.165) is 37.6 Å². The molecule has 116 valence electrons. The number of carbonyl (C=O) groups excluding carboxylic acids is 1. The van der Waals surface area contributed by atoms with E-state index in [-0.39, 0.29) is 12.3 Å². The van der Waals surface area contributed by atoms with Crippen LogP contribution in [0, 0.1) is 0 Å². The molecule has 6 heteroatoms. The van der Waals surface area contributed by atoms with Crippen LogP contribution in [0.2, 0.25) is 0 Å². The average Bonchev–Trinajstić information content (AvgIpc) is 2.54. The van der Waals surface area contributed by atoms with Gasteiger partial charge in [-0.15, -0.1) is 0 Å². The highest BCUT2D eigenvalue weighted by molar-refractivity contribution is 5.80. The van der Waals surface area contributed by atoms with Crippen molar-refractivity contribution in [3.05, 3.63) is 29.8 Å². The topological polar surface area (TPSA) is 87.8 Å². The fourth-order valence-electron chi connectivity index (χ4n) is 2.24. The fourth-order valence-corrected chi connectivity index (χ4v) is 2.24. The quantitative estimate of drug-likeness (QED) is 0.679. The molecule has 4 N–H and O–H groups in total. The first kappa shape index (κ1) is 15.8. The third-order valence-corrected chi connectivity index (χ3v) is 3.52. The highest BCUT2D eigenvalue weighted by Crippen LogP contribution is 2.16. The van der Waals surface area contributed by atoms with Crippen LogP contribution in [-0.4, -0.2) is 50.0 Å². The van der Waals surface area contributed by atoms with Crippen molar-refractivity contribution in [1.29, 1.82) is 0 Å². The number of hydrogen-bond acceptors (Lipinski definition) is 5. The van der Waals surface area contributed by atoms with Gasteiger partial charge in [-0.1, -0.05) is 12.1 Å². The second-order valence-electron chi connectivity index (χ2n) is 5.08. The monoisotopic (exact) mass is 293 g/mol. The van der Waals surface area contributed by atoms with Crippen LogP contribution in [0.4, 0.5) is 5.69 Å². The van der Waals surface area contributed by atoms with Crippen molar-refractivity contribution in [2.24, 2.45) is 5.73 Å². The Bertz CT molecular complexity index is 444. The molecule has 0 aliphatic carbocycles. The van der Waals surface area contributed by atoms with Gasteiger partial charge in [0.25, 0.3) is 0 Å². The standard InChI is InChI=1S/C15H23N3O3/c16-6-5-14(19)15(20)17-11-12-1-3-13(4-2-12)18-7-9-21-10-8-18/h1-4,14,19H,5-11,16H2,(H,17,20). The summed E-state index contributed by atoms with van der Waals surface area (Å²) in [5.74, 6) is -0.377. The minimum atomic E-state index is -1.03. The molecule has 1 amide bonds. The SMILES string of the molecule is NCCC(O)C(=O)NCc1ccc(N2CCOCC2)cc1. The molecule has 1 aromatic rings. The number of morpholine rings is 1. The Kier molecular flexibility index (Phi) is 5.98. The molecule has 6 nitrogen and oxygen atoms in total. The summed E-state index contributed by atoms with van der Waals surface area (Å²) in [5.41, 5.74) is 7.47. The van der Waals surface area contributed by atoms with Crippen LogP contribution in [0.3, 0.4) is 0 Å². The van der Waals surface area contributed by atoms with Crippen LogP contribution in [0.25, 0.3) is 0 Å². The first-order valence-corrected chi connectivity index (χ1v) is 7.28. The maximum absolute atomic E-state index is 11.6. The van der Waals surface area contributed by atoms with Crippen molar-refractivity contribution >= 4 is 11.6 Å². The minimum Gasteiger partial charge on any atom is -0.383 e. The van der Waals surface area contributed by atoms with Crippen LogP contribution >= 0.6 is 0 Å². The normalized spacial score (nSPS) is 16.6. The average molecular weight is 293 g/mol. The Morgan fingerprint density at radius 1 is 1.33 bits per heavy atom. The molecule has 1 aliphatic heterocycles. The number of benzene rings is 1. The molecule has 1 unspecified atom stereocenters. The predicted octanol–water partition coefficient (Wildman–Crippen LogP) is -0.151. The molecule has 0 spiro atoms. The number of amides is 1. The highest BCUT2D eigenvalue weighted by atomic mass is 16.5. The number of ether oxygens (including phenoxy) is 1. The van der Waals surface area contributed by atoms with E-state index in [1.54, 1.807) is 0 Å². The lowest BCUT2D eigenvalue weighted by molar-refractivity contribution is -0.129. The van der Waals surface area contributed by atoms with E-state index in [4.69, 9.17) is 10.5 Å². The molecule has 0 saturated carbocycles. The molecule has 0 radical (unpaired) electrons. The smallest absolute Gasteiger partial charge is 0.249 e. The van der Waals surface area contributed by atoms with Gasteiger partial charge in [0.15, 0.2) is 0 Å². The van der Waals surface area contributed by atoms with Gasteiger partial charge in [-0.3, -0.25) is 4.79 Å². The molecule has 21 heavy (non-hydrogen) atoms. The van der Waals surface area contributed by atoms with Gasteiger partial charge in [0, 0.05) is 25.3 Å². The summed E-state index contributed by atoms with van der Waals surface area (Å²) in [6.45, 7) is 4.03. The van der Waals surface area contributed by atoms with Gasteiger partial charge in [-0.25, -0.2) is 0 Å². The van der Waals surface area contributed by atoms with E-state index in [9.17, 15) is 9.90 Å². The second kappa shape index (κ2) is 7.97. The van der Waals surface area contributed by atoms with Crippen molar-refractivity contribution in [2.45, 2.75) is 19.1 Å². The van der Waals surface area contributed by atoms with Crippen LogP contribution < -0.4 is 16.0 Å². The van der Waals surface area contributed by atoms with Gasteiger partial charge in [0.1, 0.15) is 6.10 Å². The zero-order valence-corrected chi connectivity index (χ0v) is 12.1. The van der Waals surface area contributed by atoms with E-state index >= 15 is 0 Å². The highest BCUT2D eigenvalue weighted by Gasteiger charge is 2.13. The van der Waals surface area contributed by atoms with Gasteiger partial charge in [0.05, 0.1) is 13.2 Å².